The van der Waals surface area contributed by atoms with Gasteiger partial charge in [0.25, 0.3) is 0 Å². The van der Waals surface area contributed by atoms with E-state index in [4.69, 9.17) is 0 Å². The molecule has 1 aromatic carbocycles. The van der Waals surface area contributed by atoms with E-state index in [2.05, 4.69) is 28.5 Å². The van der Waals surface area contributed by atoms with Crippen LogP contribution in [0.3, 0.4) is 0 Å². The molecule has 0 radical (unpaired) electrons. The molecular weight excluding hydrogens is 335 g/mol. The van der Waals surface area contributed by atoms with Gasteiger partial charge in [-0.25, -0.2) is 0 Å². The average Bonchev–Trinajstić information content (AvgIpc) is 3.10. The Kier molecular flexibility index (Phi) is 4.30. The van der Waals surface area contributed by atoms with Gasteiger partial charge in [0.15, 0.2) is 0 Å². The molecule has 5 nitrogen and oxygen atoms in total. The van der Waals surface area contributed by atoms with Crippen molar-refractivity contribution in [2.24, 2.45) is 5.41 Å². The van der Waals surface area contributed by atoms with Crippen LogP contribution in [0.4, 0.5) is 13.2 Å². The second kappa shape index (κ2) is 6.16. The third kappa shape index (κ3) is 4.00. The highest BCUT2D eigenvalue weighted by Gasteiger charge is 2.38. The minimum absolute atomic E-state index is 0.00968. The zero-order valence-electron chi connectivity index (χ0n) is 13.9. The van der Waals surface area contributed by atoms with Crippen LogP contribution in [0.15, 0.2) is 28.8 Å². The molecule has 0 atom stereocenters. The summed E-state index contributed by atoms with van der Waals surface area (Å²) in [6.45, 7) is 5.51. The van der Waals surface area contributed by atoms with Crippen molar-refractivity contribution in [2.75, 3.05) is 13.1 Å². The van der Waals surface area contributed by atoms with Crippen molar-refractivity contribution in [3.05, 3.63) is 35.7 Å². The Morgan fingerprint density at radius 2 is 1.92 bits per heavy atom. The SMILES string of the molecule is CC1(C)CC(=O)N(CCc2ccc(-c3noc(C(F)(F)F)n3)cc2)C1. The third-order valence-electron chi connectivity index (χ3n) is 4.15. The number of nitrogens with zero attached hydrogens (tertiary/aromatic N) is 3. The maximum Gasteiger partial charge on any atom is 0.471 e. The zero-order chi connectivity index (χ0) is 18.2. The molecule has 0 spiro atoms. The molecule has 25 heavy (non-hydrogen) atoms. The first-order chi connectivity index (χ1) is 11.6. The smallest absolute Gasteiger partial charge is 0.342 e. The fourth-order valence-electron chi connectivity index (χ4n) is 2.93. The van der Waals surface area contributed by atoms with Crippen LogP contribution in [-0.2, 0) is 17.4 Å². The summed E-state index contributed by atoms with van der Waals surface area (Å²) in [7, 11) is 0. The summed E-state index contributed by atoms with van der Waals surface area (Å²) in [6, 6.07) is 6.89. The number of halogens is 3. The highest BCUT2D eigenvalue weighted by Crippen LogP contribution is 2.31. The van der Waals surface area contributed by atoms with Crippen LogP contribution in [0.2, 0.25) is 0 Å². The number of carbonyl (C=O) groups is 1. The lowest BCUT2D eigenvalue weighted by Crippen LogP contribution is -2.28. The van der Waals surface area contributed by atoms with Crippen LogP contribution >= 0.6 is 0 Å². The molecule has 1 saturated heterocycles. The number of benzene rings is 1. The molecule has 0 N–H and O–H groups in total. The van der Waals surface area contributed by atoms with E-state index < -0.39 is 12.1 Å². The van der Waals surface area contributed by atoms with Crippen LogP contribution < -0.4 is 0 Å². The molecule has 1 aromatic heterocycles. The van der Waals surface area contributed by atoms with Gasteiger partial charge >= 0.3 is 12.1 Å². The Morgan fingerprint density at radius 1 is 1.24 bits per heavy atom. The highest BCUT2D eigenvalue weighted by atomic mass is 19.4. The number of hydrogen-bond donors (Lipinski definition) is 0. The summed E-state index contributed by atoms with van der Waals surface area (Å²) < 4.78 is 41.7. The molecule has 2 heterocycles. The van der Waals surface area contributed by atoms with E-state index >= 15 is 0 Å². The van der Waals surface area contributed by atoms with E-state index in [-0.39, 0.29) is 17.1 Å². The van der Waals surface area contributed by atoms with Crippen molar-refractivity contribution in [2.45, 2.75) is 32.9 Å². The number of hydrogen-bond acceptors (Lipinski definition) is 4. The maximum absolute atomic E-state index is 12.5. The molecule has 1 amide bonds. The van der Waals surface area contributed by atoms with Gasteiger partial charge in [-0.2, -0.15) is 18.2 Å². The zero-order valence-corrected chi connectivity index (χ0v) is 13.9. The molecular formula is C17H18F3N3O2. The standard InChI is InChI=1S/C17H18F3N3O2/c1-16(2)9-13(24)23(10-16)8-7-11-3-5-12(6-4-11)14-21-15(25-22-14)17(18,19)20/h3-6H,7-10H2,1-2H3. The quantitative estimate of drug-likeness (QED) is 0.843. The fraction of sp³-hybridized carbons (Fsp3) is 0.471. The second-order valence-electron chi connectivity index (χ2n) is 7.02. The van der Waals surface area contributed by atoms with Crippen LogP contribution in [-0.4, -0.2) is 34.0 Å². The van der Waals surface area contributed by atoms with Crippen LogP contribution in [0.1, 0.15) is 31.7 Å². The fourth-order valence-corrected chi connectivity index (χ4v) is 2.93. The molecule has 0 aliphatic carbocycles. The average molecular weight is 353 g/mol. The molecule has 0 bridgehead atoms. The van der Waals surface area contributed by atoms with E-state index in [9.17, 15) is 18.0 Å². The lowest BCUT2D eigenvalue weighted by molar-refractivity contribution is -0.159. The summed E-state index contributed by atoms with van der Waals surface area (Å²) in [5.41, 5.74) is 1.44. The van der Waals surface area contributed by atoms with E-state index in [1.165, 1.54) is 0 Å². The van der Waals surface area contributed by atoms with Crippen LogP contribution in [0.25, 0.3) is 11.4 Å². The second-order valence-corrected chi connectivity index (χ2v) is 7.02. The van der Waals surface area contributed by atoms with Crippen LogP contribution in [0.5, 0.6) is 0 Å². The van der Waals surface area contributed by atoms with Gasteiger partial charge in [-0.3, -0.25) is 4.79 Å². The molecule has 1 fully saturated rings. The number of rotatable bonds is 4. The molecule has 1 aliphatic rings. The van der Waals surface area contributed by atoms with E-state index in [1.54, 1.807) is 24.3 Å². The molecule has 1 aliphatic heterocycles. The van der Waals surface area contributed by atoms with Gasteiger partial charge < -0.3 is 9.42 Å². The van der Waals surface area contributed by atoms with Crippen molar-refractivity contribution in [3.8, 4) is 11.4 Å². The predicted molar refractivity (Wildman–Crippen MR) is 83.4 cm³/mol. The lowest BCUT2D eigenvalue weighted by atomic mass is 9.93. The number of amides is 1. The van der Waals surface area contributed by atoms with Gasteiger partial charge in [0.2, 0.25) is 11.7 Å². The molecule has 0 unspecified atom stereocenters. The largest absolute Gasteiger partial charge is 0.471 e. The van der Waals surface area contributed by atoms with Gasteiger partial charge in [0.05, 0.1) is 0 Å². The van der Waals surface area contributed by atoms with Crippen molar-refractivity contribution >= 4 is 5.91 Å². The summed E-state index contributed by atoms with van der Waals surface area (Å²) in [5, 5.41) is 3.36. The van der Waals surface area contributed by atoms with Crippen molar-refractivity contribution in [1.29, 1.82) is 0 Å². The topological polar surface area (TPSA) is 59.2 Å². The Morgan fingerprint density at radius 3 is 2.44 bits per heavy atom. The van der Waals surface area contributed by atoms with Gasteiger partial charge in [0, 0.05) is 25.1 Å². The molecule has 3 rings (SSSR count). The van der Waals surface area contributed by atoms with Crippen molar-refractivity contribution < 1.29 is 22.5 Å². The van der Waals surface area contributed by atoms with Gasteiger partial charge in [-0.15, -0.1) is 0 Å². The predicted octanol–water partition coefficient (Wildman–Crippen LogP) is 3.56. The first-order valence-electron chi connectivity index (χ1n) is 7.92. The molecule has 134 valence electrons. The molecule has 8 heteroatoms. The highest BCUT2D eigenvalue weighted by molar-refractivity contribution is 5.79. The van der Waals surface area contributed by atoms with Crippen molar-refractivity contribution in [3.63, 3.8) is 0 Å². The summed E-state index contributed by atoms with van der Waals surface area (Å²) in [5.74, 6) is -1.30. The van der Waals surface area contributed by atoms with Gasteiger partial charge in [0.1, 0.15) is 0 Å². The molecule has 2 aromatic rings. The number of aromatic nitrogens is 2. The first kappa shape index (κ1) is 17.4. The summed E-state index contributed by atoms with van der Waals surface area (Å²) in [4.78, 5) is 17.2. The van der Waals surface area contributed by atoms with E-state index in [0.717, 1.165) is 12.1 Å². The Hall–Kier alpha value is -2.38. The monoisotopic (exact) mass is 353 g/mol. The number of alkyl halides is 3. The summed E-state index contributed by atoms with van der Waals surface area (Å²) in [6.07, 6.45) is -3.41. The van der Waals surface area contributed by atoms with E-state index in [1.807, 2.05) is 4.90 Å². The van der Waals surface area contributed by atoms with Crippen LogP contribution in [0, 0.1) is 5.41 Å². The van der Waals surface area contributed by atoms with E-state index in [0.29, 0.717) is 24.9 Å². The van der Waals surface area contributed by atoms with Gasteiger partial charge in [-0.05, 0) is 17.4 Å². The summed E-state index contributed by atoms with van der Waals surface area (Å²) >= 11 is 0. The lowest BCUT2D eigenvalue weighted by Gasteiger charge is -2.19. The first-order valence-corrected chi connectivity index (χ1v) is 7.92. The number of carbonyl (C=O) groups excluding carboxylic acids is 1. The minimum Gasteiger partial charge on any atom is -0.342 e. The Labute approximate surface area is 142 Å². The normalized spacial score (nSPS) is 17.3. The Balaban J connectivity index is 1.63. The Bertz CT molecular complexity index is 766. The van der Waals surface area contributed by atoms with Gasteiger partial charge in [-0.1, -0.05) is 43.3 Å². The number of likely N-dealkylation sites (tertiary alicyclic amines) is 1. The molecule has 0 saturated carbocycles. The third-order valence-corrected chi connectivity index (χ3v) is 4.15. The maximum atomic E-state index is 12.5. The van der Waals surface area contributed by atoms with Crippen molar-refractivity contribution in [1.82, 2.24) is 15.0 Å². The minimum atomic E-state index is -4.65.